The molecule has 2 aromatic heterocycles. The highest BCUT2D eigenvalue weighted by atomic mass is 16.1. The van der Waals surface area contributed by atoms with Crippen molar-refractivity contribution in [1.29, 1.82) is 5.26 Å². The molecule has 2 aromatic rings. The molecule has 0 bridgehead atoms. The van der Waals surface area contributed by atoms with Gasteiger partial charge in [0.2, 0.25) is 5.91 Å². The van der Waals surface area contributed by atoms with Crippen LogP contribution < -0.4 is 10.9 Å². The molecule has 0 atom stereocenters. The van der Waals surface area contributed by atoms with Gasteiger partial charge in [-0.15, -0.1) is 0 Å². The summed E-state index contributed by atoms with van der Waals surface area (Å²) >= 11 is 0. The average molecular weight is 299 g/mol. The van der Waals surface area contributed by atoms with Gasteiger partial charge in [-0.25, -0.2) is 0 Å². The number of aromatic nitrogens is 3. The highest BCUT2D eigenvalue weighted by molar-refractivity contribution is 5.89. The van der Waals surface area contributed by atoms with Gasteiger partial charge in [0.05, 0.1) is 0 Å². The van der Waals surface area contributed by atoms with Crippen molar-refractivity contribution in [2.75, 3.05) is 5.32 Å². The minimum atomic E-state index is -0.391. The predicted octanol–water partition coefficient (Wildman–Crippen LogP) is 1.47. The Morgan fingerprint density at radius 1 is 1.41 bits per heavy atom. The van der Waals surface area contributed by atoms with Gasteiger partial charge in [-0.1, -0.05) is 0 Å². The van der Waals surface area contributed by atoms with Crippen LogP contribution in [0.3, 0.4) is 0 Å². The van der Waals surface area contributed by atoms with Crippen LogP contribution in [-0.4, -0.2) is 21.1 Å². The zero-order valence-electron chi connectivity index (χ0n) is 12.7. The number of carbonyl (C=O) groups excluding carboxylic acids is 1. The van der Waals surface area contributed by atoms with E-state index in [9.17, 15) is 9.59 Å². The highest BCUT2D eigenvalue weighted by Gasteiger charge is 2.13. The molecule has 0 spiro atoms. The molecule has 0 saturated heterocycles. The van der Waals surface area contributed by atoms with Crippen LogP contribution in [-0.2, 0) is 11.2 Å². The number of H-pyrrole nitrogens is 2. The van der Waals surface area contributed by atoms with E-state index in [0.29, 0.717) is 23.5 Å². The van der Waals surface area contributed by atoms with E-state index in [-0.39, 0.29) is 17.9 Å². The number of carbonyl (C=O) groups is 1. The fourth-order valence-electron chi connectivity index (χ4n) is 2.35. The molecule has 114 valence electrons. The summed E-state index contributed by atoms with van der Waals surface area (Å²) in [6, 6.07) is 3.64. The van der Waals surface area contributed by atoms with Crippen LogP contribution in [0.2, 0.25) is 0 Å². The molecule has 1 amide bonds. The molecule has 0 aliphatic heterocycles. The van der Waals surface area contributed by atoms with E-state index < -0.39 is 5.56 Å². The summed E-state index contributed by atoms with van der Waals surface area (Å²) in [6.07, 6.45) is 0.683. The molecule has 7 nitrogen and oxygen atoms in total. The summed E-state index contributed by atoms with van der Waals surface area (Å²) in [5.41, 5.74) is 2.71. The molecule has 7 heteroatoms. The van der Waals surface area contributed by atoms with Crippen molar-refractivity contribution in [2.45, 2.75) is 33.6 Å². The molecule has 2 heterocycles. The second-order valence-electron chi connectivity index (χ2n) is 5.15. The van der Waals surface area contributed by atoms with E-state index in [1.807, 2.05) is 13.0 Å². The van der Waals surface area contributed by atoms with Crippen LogP contribution in [0, 0.1) is 32.1 Å². The summed E-state index contributed by atoms with van der Waals surface area (Å²) < 4.78 is 0. The van der Waals surface area contributed by atoms with Crippen LogP contribution in [0.25, 0.3) is 0 Å². The third-order valence-corrected chi connectivity index (χ3v) is 3.50. The first-order valence-electron chi connectivity index (χ1n) is 6.86. The number of hydrogen-bond acceptors (Lipinski definition) is 4. The van der Waals surface area contributed by atoms with Crippen LogP contribution in [0.1, 0.15) is 34.5 Å². The number of aromatic amines is 2. The van der Waals surface area contributed by atoms with E-state index in [0.717, 1.165) is 11.3 Å². The number of nitrogens with zero attached hydrogens (tertiary/aromatic N) is 2. The Kier molecular flexibility index (Phi) is 4.41. The molecular formula is C15H17N5O2. The number of anilines is 1. The maximum atomic E-state index is 11.9. The van der Waals surface area contributed by atoms with Gasteiger partial charge in [-0.05, 0) is 38.3 Å². The van der Waals surface area contributed by atoms with E-state index in [1.165, 1.54) is 0 Å². The van der Waals surface area contributed by atoms with Crippen molar-refractivity contribution < 1.29 is 4.79 Å². The number of pyridine rings is 1. The van der Waals surface area contributed by atoms with Gasteiger partial charge in [0.15, 0.2) is 5.82 Å². The molecule has 22 heavy (non-hydrogen) atoms. The number of rotatable bonds is 4. The van der Waals surface area contributed by atoms with Crippen molar-refractivity contribution in [2.24, 2.45) is 0 Å². The van der Waals surface area contributed by atoms with Crippen molar-refractivity contribution in [3.8, 4) is 6.07 Å². The second kappa shape index (κ2) is 6.26. The fourth-order valence-corrected chi connectivity index (χ4v) is 2.35. The number of hydrogen-bond donors (Lipinski definition) is 3. The summed E-state index contributed by atoms with van der Waals surface area (Å²) in [7, 11) is 0. The van der Waals surface area contributed by atoms with E-state index in [2.05, 4.69) is 20.5 Å². The smallest absolute Gasteiger partial charge is 0.266 e. The van der Waals surface area contributed by atoms with Gasteiger partial charge in [0.25, 0.3) is 5.56 Å². The largest absolute Gasteiger partial charge is 0.325 e. The summed E-state index contributed by atoms with van der Waals surface area (Å²) in [5.74, 6) is 0.310. The Labute approximate surface area is 127 Å². The number of amides is 1. The maximum absolute atomic E-state index is 11.9. The quantitative estimate of drug-likeness (QED) is 0.792. The molecule has 0 fully saturated rings. The molecular weight excluding hydrogens is 282 g/mol. The number of nitriles is 1. The standard InChI is InChI=1S/C15H17N5O2/c1-8-6-13(20-19-8)18-14(21)5-4-11-9(2)12(7-16)15(22)17-10(11)3/h6H,4-5H2,1-3H3,(H,17,22)(H2,18,19,20,21). The Hall–Kier alpha value is -2.88. The SMILES string of the molecule is Cc1cc(NC(=O)CCc2c(C)[nH]c(=O)c(C#N)c2C)n[nH]1. The zero-order valence-corrected chi connectivity index (χ0v) is 12.7. The van der Waals surface area contributed by atoms with E-state index in [4.69, 9.17) is 5.26 Å². The summed E-state index contributed by atoms with van der Waals surface area (Å²) in [5, 5.41) is 18.4. The second-order valence-corrected chi connectivity index (χ2v) is 5.15. The molecule has 0 unspecified atom stereocenters. The van der Waals surface area contributed by atoms with E-state index >= 15 is 0 Å². The Morgan fingerprint density at radius 3 is 2.73 bits per heavy atom. The van der Waals surface area contributed by atoms with Crippen LogP contribution in [0.15, 0.2) is 10.9 Å². The third-order valence-electron chi connectivity index (χ3n) is 3.50. The van der Waals surface area contributed by atoms with Crippen LogP contribution in [0.4, 0.5) is 5.82 Å². The summed E-state index contributed by atoms with van der Waals surface area (Å²) in [4.78, 5) is 26.2. The Bertz CT molecular complexity index is 810. The molecule has 0 aromatic carbocycles. The van der Waals surface area contributed by atoms with Gasteiger partial charge in [0.1, 0.15) is 11.6 Å². The Balaban J connectivity index is 2.10. The molecule has 0 aliphatic rings. The number of nitrogens with one attached hydrogen (secondary N) is 3. The first-order valence-corrected chi connectivity index (χ1v) is 6.86. The molecule has 3 N–H and O–H groups in total. The topological polar surface area (TPSA) is 114 Å². The van der Waals surface area contributed by atoms with Gasteiger partial charge < -0.3 is 10.3 Å². The molecule has 2 rings (SSSR count). The Morgan fingerprint density at radius 2 is 2.14 bits per heavy atom. The third kappa shape index (κ3) is 3.23. The van der Waals surface area contributed by atoms with Crippen LogP contribution in [0.5, 0.6) is 0 Å². The zero-order chi connectivity index (χ0) is 16.3. The van der Waals surface area contributed by atoms with Crippen LogP contribution >= 0.6 is 0 Å². The van der Waals surface area contributed by atoms with Gasteiger partial charge in [0, 0.05) is 23.9 Å². The van der Waals surface area contributed by atoms with Crippen molar-refractivity contribution in [3.63, 3.8) is 0 Å². The number of aryl methyl sites for hydroxylation is 2. The molecule has 0 radical (unpaired) electrons. The van der Waals surface area contributed by atoms with Gasteiger partial charge >= 0.3 is 0 Å². The van der Waals surface area contributed by atoms with Gasteiger partial charge in [-0.3, -0.25) is 14.7 Å². The lowest BCUT2D eigenvalue weighted by Crippen LogP contribution is -2.18. The first kappa shape index (κ1) is 15.5. The minimum absolute atomic E-state index is 0.101. The molecule has 0 saturated carbocycles. The average Bonchev–Trinajstić information content (AvgIpc) is 2.83. The lowest BCUT2D eigenvalue weighted by atomic mass is 9.99. The van der Waals surface area contributed by atoms with Crippen molar-refractivity contribution in [3.05, 3.63) is 44.5 Å². The summed E-state index contributed by atoms with van der Waals surface area (Å²) in [6.45, 7) is 5.34. The predicted molar refractivity (Wildman–Crippen MR) is 81.5 cm³/mol. The highest BCUT2D eigenvalue weighted by Crippen LogP contribution is 2.15. The minimum Gasteiger partial charge on any atom is -0.325 e. The van der Waals surface area contributed by atoms with Crippen molar-refractivity contribution in [1.82, 2.24) is 15.2 Å². The van der Waals surface area contributed by atoms with E-state index in [1.54, 1.807) is 19.9 Å². The first-order chi connectivity index (χ1) is 10.4. The normalized spacial score (nSPS) is 10.3. The maximum Gasteiger partial charge on any atom is 0.266 e. The van der Waals surface area contributed by atoms with Gasteiger partial charge in [-0.2, -0.15) is 10.4 Å². The molecule has 0 aliphatic carbocycles. The lowest BCUT2D eigenvalue weighted by Gasteiger charge is -2.10. The van der Waals surface area contributed by atoms with Crippen molar-refractivity contribution >= 4 is 11.7 Å². The lowest BCUT2D eigenvalue weighted by molar-refractivity contribution is -0.116. The fraction of sp³-hybridized carbons (Fsp3) is 0.333. The monoisotopic (exact) mass is 299 g/mol.